The quantitative estimate of drug-likeness (QED) is 0.140. The van der Waals surface area contributed by atoms with Crippen LogP contribution in [0.5, 0.6) is 0 Å². The fourth-order valence-electron chi connectivity index (χ4n) is 3.13. The average Bonchev–Trinajstić information content (AvgIpc) is 2.64. The van der Waals surface area contributed by atoms with Crippen LogP contribution in [0.2, 0.25) is 0 Å². The first-order valence-electron chi connectivity index (χ1n) is 11.0. The maximum Gasteiger partial charge on any atom is 0.333 e. The fourth-order valence-corrected chi connectivity index (χ4v) is 3.13. The molecule has 0 saturated carbocycles. The van der Waals surface area contributed by atoms with Crippen molar-refractivity contribution < 1.29 is 14.3 Å². The lowest BCUT2D eigenvalue weighted by atomic mass is 10.0. The van der Waals surface area contributed by atoms with Gasteiger partial charge in [0.05, 0.1) is 6.10 Å². The van der Waals surface area contributed by atoms with Gasteiger partial charge >= 0.3 is 5.97 Å². The van der Waals surface area contributed by atoms with Gasteiger partial charge in [0.15, 0.2) is 0 Å². The molecule has 0 aromatic heterocycles. The van der Waals surface area contributed by atoms with Crippen molar-refractivity contribution in [1.29, 1.82) is 0 Å². The molecule has 0 heterocycles. The van der Waals surface area contributed by atoms with E-state index in [1.165, 1.54) is 83.5 Å². The number of carbonyl (C=O) groups excluding carboxylic acids is 1. The number of carbonyl (C=O) groups is 1. The Labute approximate surface area is 162 Å². The van der Waals surface area contributed by atoms with Crippen LogP contribution in [0.4, 0.5) is 0 Å². The molecule has 0 radical (unpaired) electrons. The van der Waals surface area contributed by atoms with E-state index in [4.69, 9.17) is 9.47 Å². The van der Waals surface area contributed by atoms with Crippen molar-refractivity contribution in [3.8, 4) is 0 Å². The van der Waals surface area contributed by atoms with Crippen molar-refractivity contribution in [3.05, 3.63) is 12.2 Å². The summed E-state index contributed by atoms with van der Waals surface area (Å²) in [4.78, 5) is 11.4. The van der Waals surface area contributed by atoms with Crippen LogP contribution in [-0.2, 0) is 14.3 Å². The molecule has 1 unspecified atom stereocenters. The van der Waals surface area contributed by atoms with Crippen LogP contribution in [0, 0.1) is 0 Å². The highest BCUT2D eigenvalue weighted by molar-refractivity contribution is 5.86. The molecule has 0 amide bonds. The Balaban J connectivity index is 3.33. The summed E-state index contributed by atoms with van der Waals surface area (Å²) in [6, 6.07) is 0. The van der Waals surface area contributed by atoms with E-state index < -0.39 is 0 Å². The molecule has 0 aliphatic heterocycles. The Morgan fingerprint density at radius 2 is 1.23 bits per heavy atom. The maximum atomic E-state index is 11.4. The molecule has 0 aliphatic rings. The van der Waals surface area contributed by atoms with Gasteiger partial charge in [-0.25, -0.2) is 4.79 Å². The lowest BCUT2D eigenvalue weighted by Crippen LogP contribution is -2.21. The monoisotopic (exact) mass is 368 g/mol. The fraction of sp³-hybridized carbons (Fsp3) is 0.870. The van der Waals surface area contributed by atoms with Gasteiger partial charge in [-0.2, -0.15) is 0 Å². The third-order valence-electron chi connectivity index (χ3n) is 4.96. The summed E-state index contributed by atoms with van der Waals surface area (Å²) in [5.74, 6) is -0.326. The predicted octanol–water partition coefficient (Wildman–Crippen LogP) is 6.99. The number of rotatable bonds is 19. The summed E-state index contributed by atoms with van der Waals surface area (Å²) in [5.41, 5.74) is 0.441. The number of esters is 1. The summed E-state index contributed by atoms with van der Waals surface area (Å²) >= 11 is 0. The van der Waals surface area contributed by atoms with E-state index in [-0.39, 0.29) is 12.1 Å². The zero-order chi connectivity index (χ0) is 19.5. The molecule has 0 bridgehead atoms. The predicted molar refractivity (Wildman–Crippen MR) is 111 cm³/mol. The third kappa shape index (κ3) is 16.6. The Hall–Kier alpha value is -0.830. The first-order chi connectivity index (χ1) is 12.6. The van der Waals surface area contributed by atoms with Crippen LogP contribution in [0.15, 0.2) is 12.2 Å². The van der Waals surface area contributed by atoms with E-state index >= 15 is 0 Å². The molecule has 154 valence electrons. The topological polar surface area (TPSA) is 35.5 Å². The molecule has 0 N–H and O–H groups in total. The summed E-state index contributed by atoms with van der Waals surface area (Å²) in [5, 5.41) is 0. The van der Waals surface area contributed by atoms with E-state index in [1.807, 2.05) is 0 Å². The van der Waals surface area contributed by atoms with Gasteiger partial charge in [-0.15, -0.1) is 0 Å². The van der Waals surface area contributed by atoms with E-state index in [9.17, 15) is 4.79 Å². The highest BCUT2D eigenvalue weighted by Gasteiger charge is 2.11. The Morgan fingerprint density at radius 1 is 0.808 bits per heavy atom. The number of unbranched alkanes of at least 4 members (excludes halogenated alkanes) is 13. The molecule has 0 spiro atoms. The smallest absolute Gasteiger partial charge is 0.333 e. The summed E-state index contributed by atoms with van der Waals surface area (Å²) in [6.45, 7) is 7.86. The number of hydrogen-bond donors (Lipinski definition) is 0. The van der Waals surface area contributed by atoms with Gasteiger partial charge in [0.2, 0.25) is 0 Å². The minimum Gasteiger partial charge on any atom is -0.460 e. The van der Waals surface area contributed by atoms with Crippen molar-refractivity contribution in [2.75, 3.05) is 13.7 Å². The lowest BCUT2D eigenvalue weighted by molar-refractivity contribution is -0.142. The van der Waals surface area contributed by atoms with Crippen molar-refractivity contribution >= 4 is 5.97 Å². The molecule has 3 heteroatoms. The molecule has 3 nitrogen and oxygen atoms in total. The molecule has 0 aromatic carbocycles. The van der Waals surface area contributed by atoms with Crippen LogP contribution in [-0.4, -0.2) is 25.8 Å². The van der Waals surface area contributed by atoms with Crippen molar-refractivity contribution in [2.24, 2.45) is 0 Å². The molecule has 1 atom stereocenters. The summed E-state index contributed by atoms with van der Waals surface area (Å²) in [7, 11) is 1.68. The van der Waals surface area contributed by atoms with Gasteiger partial charge in [0.25, 0.3) is 0 Å². The van der Waals surface area contributed by atoms with Crippen LogP contribution in [0.3, 0.4) is 0 Å². The molecular formula is C23H44O3. The Bertz CT molecular complexity index is 338. The Morgan fingerprint density at radius 3 is 1.62 bits per heavy atom. The van der Waals surface area contributed by atoms with Crippen LogP contribution in [0.25, 0.3) is 0 Å². The first kappa shape index (κ1) is 25.2. The third-order valence-corrected chi connectivity index (χ3v) is 4.96. The minimum atomic E-state index is -0.326. The minimum absolute atomic E-state index is 0.00984. The SMILES string of the molecule is C=C(C)C(=O)OCC(CCCCCCCCCCCCCCCC)OC. The first-order valence-corrected chi connectivity index (χ1v) is 11.0. The second-order valence-electron chi connectivity index (χ2n) is 7.62. The van der Waals surface area contributed by atoms with E-state index in [0.717, 1.165) is 12.8 Å². The van der Waals surface area contributed by atoms with Crippen molar-refractivity contribution in [3.63, 3.8) is 0 Å². The van der Waals surface area contributed by atoms with Crippen LogP contribution in [0.1, 0.15) is 110 Å². The van der Waals surface area contributed by atoms with Crippen molar-refractivity contribution in [1.82, 2.24) is 0 Å². The van der Waals surface area contributed by atoms with Crippen molar-refractivity contribution in [2.45, 2.75) is 116 Å². The number of hydrogen-bond acceptors (Lipinski definition) is 3. The lowest BCUT2D eigenvalue weighted by Gasteiger charge is -2.15. The molecule has 0 rings (SSSR count). The normalized spacial score (nSPS) is 12.1. The molecular weight excluding hydrogens is 324 g/mol. The van der Waals surface area contributed by atoms with Gasteiger partial charge < -0.3 is 9.47 Å². The molecule has 0 saturated heterocycles. The van der Waals surface area contributed by atoms with E-state index in [1.54, 1.807) is 14.0 Å². The molecule has 26 heavy (non-hydrogen) atoms. The molecule has 0 fully saturated rings. The largest absolute Gasteiger partial charge is 0.460 e. The number of methoxy groups -OCH3 is 1. The zero-order valence-electron chi connectivity index (χ0n) is 17.8. The van der Waals surface area contributed by atoms with Gasteiger partial charge in [0.1, 0.15) is 6.61 Å². The zero-order valence-corrected chi connectivity index (χ0v) is 17.8. The summed E-state index contributed by atoms with van der Waals surface area (Å²) < 4.78 is 10.5. The highest BCUT2D eigenvalue weighted by atomic mass is 16.6. The van der Waals surface area contributed by atoms with E-state index in [2.05, 4.69) is 13.5 Å². The summed E-state index contributed by atoms with van der Waals surface area (Å²) in [6.07, 6.45) is 20.1. The Kier molecular flexibility index (Phi) is 18.3. The van der Waals surface area contributed by atoms with Gasteiger partial charge in [0, 0.05) is 12.7 Å². The van der Waals surface area contributed by atoms with Crippen LogP contribution < -0.4 is 0 Å². The highest BCUT2D eigenvalue weighted by Crippen LogP contribution is 2.14. The standard InChI is InChI=1S/C23H44O3/c1-5-6-7-8-9-10-11-12-13-14-15-16-17-18-19-22(25-4)20-26-23(24)21(2)3/h22H,2,5-20H2,1,3-4H3. The van der Waals surface area contributed by atoms with E-state index in [0.29, 0.717) is 12.2 Å². The second-order valence-corrected chi connectivity index (χ2v) is 7.62. The molecule has 0 aromatic rings. The van der Waals surface area contributed by atoms with Gasteiger partial charge in [-0.1, -0.05) is 103 Å². The second kappa shape index (κ2) is 18.9. The van der Waals surface area contributed by atoms with Gasteiger partial charge in [-0.3, -0.25) is 0 Å². The molecule has 0 aliphatic carbocycles. The van der Waals surface area contributed by atoms with Crippen LogP contribution >= 0.6 is 0 Å². The number of ether oxygens (including phenoxy) is 2. The van der Waals surface area contributed by atoms with Gasteiger partial charge in [-0.05, 0) is 13.3 Å². The average molecular weight is 369 g/mol. The maximum absolute atomic E-state index is 11.4.